The third-order valence-corrected chi connectivity index (χ3v) is 6.76. The van der Waals surface area contributed by atoms with Crippen LogP contribution in [0, 0.1) is 5.92 Å². The maximum absolute atomic E-state index is 13.0. The molecular formula is C18H24N2O6S. The van der Waals surface area contributed by atoms with E-state index >= 15 is 0 Å². The Labute approximate surface area is 158 Å². The van der Waals surface area contributed by atoms with E-state index in [9.17, 15) is 23.1 Å². The summed E-state index contributed by atoms with van der Waals surface area (Å²) >= 11 is 0. The molecule has 1 aromatic rings. The van der Waals surface area contributed by atoms with Crippen molar-refractivity contribution in [3.8, 4) is 5.75 Å². The van der Waals surface area contributed by atoms with Crippen molar-refractivity contribution in [1.82, 2.24) is 4.31 Å². The SMILES string of the molecule is CC(=O)N1CC(C)(C)Oc2ccc(S(=O)(=O)N3CCCC(C(=O)O)C3)cc21. The first-order valence-corrected chi connectivity index (χ1v) is 10.3. The van der Waals surface area contributed by atoms with Crippen LogP contribution in [0.5, 0.6) is 5.75 Å². The van der Waals surface area contributed by atoms with Crippen molar-refractivity contribution in [2.75, 3.05) is 24.5 Å². The molecule has 3 rings (SSSR count). The lowest BCUT2D eigenvalue weighted by atomic mass is 10.0. The van der Waals surface area contributed by atoms with Gasteiger partial charge in [0.1, 0.15) is 11.4 Å². The second-order valence-corrected chi connectivity index (χ2v) is 9.57. The second-order valence-electron chi connectivity index (χ2n) is 7.64. The summed E-state index contributed by atoms with van der Waals surface area (Å²) in [6, 6.07) is 4.43. The number of nitrogens with zero attached hydrogens (tertiary/aromatic N) is 2. The average Bonchev–Trinajstić information content (AvgIpc) is 2.59. The normalized spacial score (nSPS) is 22.6. The predicted octanol–water partition coefficient (Wildman–Crippen LogP) is 1.70. The van der Waals surface area contributed by atoms with Gasteiger partial charge in [-0.1, -0.05) is 0 Å². The number of carboxylic acids is 1. The van der Waals surface area contributed by atoms with Gasteiger partial charge in [-0.3, -0.25) is 9.59 Å². The molecule has 2 aliphatic heterocycles. The van der Waals surface area contributed by atoms with E-state index in [1.165, 1.54) is 28.3 Å². The summed E-state index contributed by atoms with van der Waals surface area (Å²) in [4.78, 5) is 24.9. The highest BCUT2D eigenvalue weighted by molar-refractivity contribution is 7.89. The Morgan fingerprint density at radius 2 is 2.00 bits per heavy atom. The van der Waals surface area contributed by atoms with Crippen LogP contribution >= 0.6 is 0 Å². The first-order valence-electron chi connectivity index (χ1n) is 8.85. The molecule has 1 unspecified atom stereocenters. The number of carbonyl (C=O) groups excluding carboxylic acids is 1. The van der Waals surface area contributed by atoms with E-state index in [0.717, 1.165) is 0 Å². The Kier molecular flexibility index (Phi) is 4.94. The maximum Gasteiger partial charge on any atom is 0.307 e. The van der Waals surface area contributed by atoms with E-state index in [4.69, 9.17) is 4.74 Å². The van der Waals surface area contributed by atoms with Crippen LogP contribution in [0.3, 0.4) is 0 Å². The quantitative estimate of drug-likeness (QED) is 0.834. The number of carboxylic acid groups (broad SMARTS) is 1. The summed E-state index contributed by atoms with van der Waals surface area (Å²) in [5, 5.41) is 9.21. The Morgan fingerprint density at radius 3 is 2.63 bits per heavy atom. The van der Waals surface area contributed by atoms with Crippen LogP contribution in [0.2, 0.25) is 0 Å². The number of anilines is 1. The largest absolute Gasteiger partial charge is 0.484 e. The fourth-order valence-electron chi connectivity index (χ4n) is 3.54. The summed E-state index contributed by atoms with van der Waals surface area (Å²) in [5.41, 5.74) is -0.171. The van der Waals surface area contributed by atoms with E-state index in [2.05, 4.69) is 0 Å². The number of hydrogen-bond donors (Lipinski definition) is 1. The van der Waals surface area contributed by atoms with Crippen LogP contribution in [0.15, 0.2) is 23.1 Å². The number of benzene rings is 1. The van der Waals surface area contributed by atoms with Crippen LogP contribution in [0.1, 0.15) is 33.6 Å². The lowest BCUT2D eigenvalue weighted by molar-refractivity contribution is -0.142. The van der Waals surface area contributed by atoms with Gasteiger partial charge in [0.15, 0.2) is 0 Å². The first-order chi connectivity index (χ1) is 12.5. The lowest BCUT2D eigenvalue weighted by Gasteiger charge is -2.39. The number of amides is 1. The standard InChI is InChI=1S/C18H24N2O6S/c1-12(21)20-11-18(2,3)26-16-7-6-14(9-15(16)20)27(24,25)19-8-4-5-13(10-19)17(22)23/h6-7,9,13H,4-5,8,10-11H2,1-3H3,(H,22,23). The number of piperidine rings is 1. The van der Waals surface area contributed by atoms with Gasteiger partial charge in [-0.2, -0.15) is 4.31 Å². The fraction of sp³-hybridized carbons (Fsp3) is 0.556. The molecule has 1 aromatic carbocycles. The molecule has 2 aliphatic rings. The highest BCUT2D eigenvalue weighted by Crippen LogP contribution is 2.39. The molecule has 1 saturated heterocycles. The number of hydrogen-bond acceptors (Lipinski definition) is 5. The van der Waals surface area contributed by atoms with Gasteiger partial charge in [0.2, 0.25) is 15.9 Å². The molecule has 0 radical (unpaired) electrons. The molecule has 0 saturated carbocycles. The molecule has 0 aliphatic carbocycles. The number of fused-ring (bicyclic) bond motifs is 1. The molecule has 1 N–H and O–H groups in total. The van der Waals surface area contributed by atoms with Gasteiger partial charge in [0, 0.05) is 20.0 Å². The van der Waals surface area contributed by atoms with Crippen LogP contribution < -0.4 is 9.64 Å². The molecule has 9 heteroatoms. The minimum absolute atomic E-state index is 0.0295. The minimum atomic E-state index is -3.86. The zero-order valence-electron chi connectivity index (χ0n) is 15.6. The van der Waals surface area contributed by atoms with Gasteiger partial charge in [-0.15, -0.1) is 0 Å². The molecule has 1 fully saturated rings. The van der Waals surface area contributed by atoms with Crippen LogP contribution in [0.25, 0.3) is 0 Å². The summed E-state index contributed by atoms with van der Waals surface area (Å²) < 4.78 is 33.2. The molecule has 0 aromatic heterocycles. The number of ether oxygens (including phenoxy) is 1. The van der Waals surface area contributed by atoms with Crippen molar-refractivity contribution >= 4 is 27.6 Å². The van der Waals surface area contributed by atoms with Crippen LogP contribution in [0.4, 0.5) is 5.69 Å². The van der Waals surface area contributed by atoms with E-state index in [1.54, 1.807) is 6.07 Å². The van der Waals surface area contributed by atoms with Gasteiger partial charge in [-0.05, 0) is 44.9 Å². The van der Waals surface area contributed by atoms with Crippen molar-refractivity contribution in [1.29, 1.82) is 0 Å². The topological polar surface area (TPSA) is 104 Å². The predicted molar refractivity (Wildman–Crippen MR) is 98.3 cm³/mol. The zero-order valence-corrected chi connectivity index (χ0v) is 16.5. The van der Waals surface area contributed by atoms with Crippen molar-refractivity contribution in [2.24, 2.45) is 5.92 Å². The number of rotatable bonds is 3. The summed E-state index contributed by atoms with van der Waals surface area (Å²) in [6.07, 6.45) is 0.963. The van der Waals surface area contributed by atoms with E-state index in [0.29, 0.717) is 30.8 Å². The number of carbonyl (C=O) groups is 2. The number of aliphatic carboxylic acids is 1. The Morgan fingerprint density at radius 1 is 1.30 bits per heavy atom. The molecular weight excluding hydrogens is 372 g/mol. The van der Waals surface area contributed by atoms with Crippen molar-refractivity contribution in [2.45, 2.75) is 44.1 Å². The number of sulfonamides is 1. The van der Waals surface area contributed by atoms with Crippen LogP contribution in [-0.4, -0.2) is 54.9 Å². The smallest absolute Gasteiger partial charge is 0.307 e. The fourth-order valence-corrected chi connectivity index (χ4v) is 5.09. The highest BCUT2D eigenvalue weighted by atomic mass is 32.2. The van der Waals surface area contributed by atoms with Gasteiger partial charge in [0.05, 0.1) is 23.0 Å². The van der Waals surface area contributed by atoms with E-state index in [-0.39, 0.29) is 23.9 Å². The molecule has 1 atom stereocenters. The van der Waals surface area contributed by atoms with Gasteiger partial charge < -0.3 is 14.7 Å². The average molecular weight is 396 g/mol. The molecule has 148 valence electrons. The van der Waals surface area contributed by atoms with Gasteiger partial charge >= 0.3 is 5.97 Å². The van der Waals surface area contributed by atoms with Crippen molar-refractivity contribution < 1.29 is 27.9 Å². The summed E-state index contributed by atoms with van der Waals surface area (Å²) in [7, 11) is -3.86. The van der Waals surface area contributed by atoms with Crippen molar-refractivity contribution in [3.05, 3.63) is 18.2 Å². The highest BCUT2D eigenvalue weighted by Gasteiger charge is 2.37. The van der Waals surface area contributed by atoms with Gasteiger partial charge in [-0.25, -0.2) is 8.42 Å². The molecule has 0 spiro atoms. The summed E-state index contributed by atoms with van der Waals surface area (Å²) in [6.45, 7) is 5.68. The molecule has 1 amide bonds. The Bertz CT molecular complexity index is 880. The third-order valence-electron chi connectivity index (χ3n) is 4.90. The first kappa shape index (κ1) is 19.6. The maximum atomic E-state index is 13.0. The Balaban J connectivity index is 1.97. The van der Waals surface area contributed by atoms with Gasteiger partial charge in [0.25, 0.3) is 0 Å². The minimum Gasteiger partial charge on any atom is -0.484 e. The monoisotopic (exact) mass is 396 g/mol. The Hall–Kier alpha value is -2.13. The molecule has 2 heterocycles. The van der Waals surface area contributed by atoms with E-state index in [1.807, 2.05) is 13.8 Å². The molecule has 27 heavy (non-hydrogen) atoms. The zero-order chi connectivity index (χ0) is 20.0. The molecule has 8 nitrogen and oxygen atoms in total. The molecule has 0 bridgehead atoms. The van der Waals surface area contributed by atoms with E-state index < -0.39 is 27.5 Å². The lowest BCUT2D eigenvalue weighted by Crippen LogP contribution is -2.48. The van der Waals surface area contributed by atoms with Crippen LogP contribution in [-0.2, 0) is 19.6 Å². The van der Waals surface area contributed by atoms with Crippen molar-refractivity contribution in [3.63, 3.8) is 0 Å². The summed E-state index contributed by atoms with van der Waals surface area (Å²) in [5.74, 6) is -1.45. The third kappa shape index (κ3) is 3.79. The second kappa shape index (κ2) is 6.79.